The number of nitrogens with one attached hydrogen (secondary N) is 2. The van der Waals surface area contributed by atoms with Gasteiger partial charge < -0.3 is 5.32 Å². The van der Waals surface area contributed by atoms with E-state index in [1.54, 1.807) is 0 Å². The van der Waals surface area contributed by atoms with Gasteiger partial charge in [0.15, 0.2) is 0 Å². The van der Waals surface area contributed by atoms with Crippen molar-refractivity contribution in [3.63, 3.8) is 0 Å². The van der Waals surface area contributed by atoms with Crippen LogP contribution >= 0.6 is 11.8 Å². The zero-order chi connectivity index (χ0) is 14.0. The molecule has 6 heteroatoms. The average Bonchev–Trinajstić information content (AvgIpc) is 2.66. The Balaban J connectivity index is 2.06. The predicted molar refractivity (Wildman–Crippen MR) is 83.6 cm³/mol. The Hall–Kier alpha value is -0.880. The zero-order valence-corrected chi connectivity index (χ0v) is 13.1. The molecule has 0 saturated carbocycles. The number of sulfonamides is 1. The molecule has 0 aliphatic carbocycles. The second-order valence-corrected chi connectivity index (χ2v) is 8.34. The molecular weight excluding hydrogens is 280 g/mol. The lowest BCUT2D eigenvalue weighted by molar-refractivity contribution is 0.607. The minimum atomic E-state index is -3.22. The van der Waals surface area contributed by atoms with Crippen molar-refractivity contribution in [2.45, 2.75) is 31.6 Å². The van der Waals surface area contributed by atoms with Gasteiger partial charge in [-0.2, -0.15) is 11.8 Å². The summed E-state index contributed by atoms with van der Waals surface area (Å²) in [7, 11) is -3.22. The number of aryl methyl sites for hydroxylation is 1. The van der Waals surface area contributed by atoms with E-state index in [9.17, 15) is 8.42 Å². The lowest BCUT2D eigenvalue weighted by Crippen LogP contribution is -2.19. The number of rotatable bonds is 4. The van der Waals surface area contributed by atoms with Crippen molar-refractivity contribution in [2.75, 3.05) is 22.0 Å². The van der Waals surface area contributed by atoms with E-state index in [1.165, 1.54) is 6.42 Å². The van der Waals surface area contributed by atoms with Crippen molar-refractivity contribution in [2.24, 2.45) is 0 Å². The van der Waals surface area contributed by atoms with Gasteiger partial charge in [-0.1, -0.05) is 6.92 Å². The van der Waals surface area contributed by atoms with E-state index >= 15 is 0 Å². The fourth-order valence-electron chi connectivity index (χ4n) is 2.22. The van der Waals surface area contributed by atoms with Gasteiger partial charge in [-0.05, 0) is 37.1 Å². The third kappa shape index (κ3) is 4.31. The molecular formula is C13H20N2O2S2. The standard InChI is InChI=1S/C13H20N2O2S2/c1-9-6-11(14-12-7-10(2)18-8-12)4-5-13(9)15-19(3,16)17/h4-6,10,12,14-15H,7-8H2,1-3H3. The van der Waals surface area contributed by atoms with Crippen LogP contribution in [0.4, 0.5) is 11.4 Å². The third-order valence-corrected chi connectivity index (χ3v) is 5.04. The van der Waals surface area contributed by atoms with Crippen LogP contribution in [0, 0.1) is 6.92 Å². The molecule has 0 bridgehead atoms. The van der Waals surface area contributed by atoms with Crippen molar-refractivity contribution in [3.05, 3.63) is 23.8 Å². The largest absolute Gasteiger partial charge is 0.381 e. The highest BCUT2D eigenvalue weighted by atomic mass is 32.2. The maximum absolute atomic E-state index is 11.2. The molecule has 1 heterocycles. The van der Waals surface area contributed by atoms with Crippen molar-refractivity contribution in [3.8, 4) is 0 Å². The van der Waals surface area contributed by atoms with Gasteiger partial charge in [-0.3, -0.25) is 4.72 Å². The topological polar surface area (TPSA) is 58.2 Å². The molecule has 0 amide bonds. The summed E-state index contributed by atoms with van der Waals surface area (Å²) in [6.07, 6.45) is 2.34. The van der Waals surface area contributed by atoms with E-state index in [2.05, 4.69) is 17.0 Å². The van der Waals surface area contributed by atoms with Crippen LogP contribution in [0.15, 0.2) is 18.2 Å². The number of benzene rings is 1. The molecule has 2 atom stereocenters. The summed E-state index contributed by atoms with van der Waals surface area (Å²) in [6.45, 7) is 4.15. The molecule has 0 radical (unpaired) electrons. The van der Waals surface area contributed by atoms with E-state index in [1.807, 2.05) is 36.9 Å². The van der Waals surface area contributed by atoms with Crippen LogP contribution in [-0.4, -0.2) is 31.7 Å². The van der Waals surface area contributed by atoms with Crippen molar-refractivity contribution in [1.29, 1.82) is 0 Å². The van der Waals surface area contributed by atoms with Crippen molar-refractivity contribution < 1.29 is 8.42 Å². The zero-order valence-electron chi connectivity index (χ0n) is 11.4. The maximum Gasteiger partial charge on any atom is 0.229 e. The van der Waals surface area contributed by atoms with E-state index in [0.29, 0.717) is 17.0 Å². The molecule has 1 aromatic carbocycles. The number of hydrogen-bond acceptors (Lipinski definition) is 4. The highest BCUT2D eigenvalue weighted by Gasteiger charge is 2.21. The molecule has 0 aromatic heterocycles. The van der Waals surface area contributed by atoms with E-state index in [4.69, 9.17) is 0 Å². The number of hydrogen-bond donors (Lipinski definition) is 2. The van der Waals surface area contributed by atoms with Crippen LogP contribution in [0.3, 0.4) is 0 Å². The molecule has 19 heavy (non-hydrogen) atoms. The summed E-state index contributed by atoms with van der Waals surface area (Å²) in [5.74, 6) is 1.13. The van der Waals surface area contributed by atoms with Crippen LogP contribution in [0.25, 0.3) is 0 Å². The molecule has 4 nitrogen and oxygen atoms in total. The van der Waals surface area contributed by atoms with Gasteiger partial charge in [0.1, 0.15) is 0 Å². The average molecular weight is 300 g/mol. The summed E-state index contributed by atoms with van der Waals surface area (Å²) < 4.78 is 25.0. The lowest BCUT2D eigenvalue weighted by atomic mass is 10.1. The summed E-state index contributed by atoms with van der Waals surface area (Å²) in [5, 5.41) is 4.22. The molecule has 0 spiro atoms. The first-order valence-electron chi connectivity index (χ1n) is 6.30. The summed E-state index contributed by atoms with van der Waals surface area (Å²) in [6, 6.07) is 6.23. The first-order chi connectivity index (χ1) is 8.83. The van der Waals surface area contributed by atoms with Crippen LogP contribution < -0.4 is 10.0 Å². The van der Waals surface area contributed by atoms with Gasteiger partial charge in [0.25, 0.3) is 0 Å². The highest BCUT2D eigenvalue weighted by molar-refractivity contribution is 8.00. The quantitative estimate of drug-likeness (QED) is 0.897. The minimum Gasteiger partial charge on any atom is -0.381 e. The molecule has 1 aliphatic rings. The highest BCUT2D eigenvalue weighted by Crippen LogP contribution is 2.29. The Morgan fingerprint density at radius 1 is 1.37 bits per heavy atom. The first kappa shape index (κ1) is 14.5. The van der Waals surface area contributed by atoms with Crippen LogP contribution in [0.2, 0.25) is 0 Å². The molecule has 1 fully saturated rings. The molecule has 2 unspecified atom stereocenters. The van der Waals surface area contributed by atoms with Crippen molar-refractivity contribution >= 4 is 33.2 Å². The van der Waals surface area contributed by atoms with Gasteiger partial charge in [-0.15, -0.1) is 0 Å². The Labute approximate surface area is 119 Å². The van der Waals surface area contributed by atoms with Gasteiger partial charge in [0.2, 0.25) is 10.0 Å². The van der Waals surface area contributed by atoms with Crippen molar-refractivity contribution in [1.82, 2.24) is 0 Å². The third-order valence-electron chi connectivity index (χ3n) is 3.09. The van der Waals surface area contributed by atoms with Gasteiger partial charge in [-0.25, -0.2) is 8.42 Å². The molecule has 2 rings (SSSR count). The fraction of sp³-hybridized carbons (Fsp3) is 0.538. The first-order valence-corrected chi connectivity index (χ1v) is 9.24. The van der Waals surface area contributed by atoms with Crippen LogP contribution in [0.5, 0.6) is 0 Å². The molecule has 1 aliphatic heterocycles. The fourth-order valence-corrected chi connectivity index (χ4v) is 4.00. The summed E-state index contributed by atoms with van der Waals surface area (Å²) in [4.78, 5) is 0. The SMILES string of the molecule is Cc1cc(NC2CSC(C)C2)ccc1NS(C)(=O)=O. The van der Waals surface area contributed by atoms with Gasteiger partial charge in [0, 0.05) is 22.7 Å². The number of anilines is 2. The van der Waals surface area contributed by atoms with Crippen LogP contribution in [-0.2, 0) is 10.0 Å². The molecule has 1 saturated heterocycles. The van der Waals surface area contributed by atoms with Gasteiger partial charge in [0.05, 0.1) is 11.9 Å². The molecule has 1 aromatic rings. The predicted octanol–water partition coefficient (Wildman–Crippen LogP) is 2.67. The van der Waals surface area contributed by atoms with Gasteiger partial charge >= 0.3 is 0 Å². The maximum atomic E-state index is 11.2. The number of thioether (sulfide) groups is 1. The Morgan fingerprint density at radius 3 is 2.63 bits per heavy atom. The van der Waals surface area contributed by atoms with E-state index < -0.39 is 10.0 Å². The summed E-state index contributed by atoms with van der Waals surface area (Å²) >= 11 is 1.99. The smallest absolute Gasteiger partial charge is 0.229 e. The Morgan fingerprint density at radius 2 is 2.11 bits per heavy atom. The Bertz CT molecular complexity index is 558. The second kappa shape index (κ2) is 5.63. The van der Waals surface area contributed by atoms with E-state index in [-0.39, 0.29) is 0 Å². The summed E-state index contributed by atoms with van der Waals surface area (Å²) in [5.41, 5.74) is 2.62. The van der Waals surface area contributed by atoms with Crippen LogP contribution in [0.1, 0.15) is 18.9 Å². The normalized spacial score (nSPS) is 23.3. The Kier molecular flexibility index (Phi) is 4.30. The molecule has 106 valence electrons. The minimum absolute atomic E-state index is 0.508. The lowest BCUT2D eigenvalue weighted by Gasteiger charge is -2.15. The molecule has 2 N–H and O–H groups in total. The monoisotopic (exact) mass is 300 g/mol. The van der Waals surface area contributed by atoms with E-state index in [0.717, 1.165) is 23.3 Å². The second-order valence-electron chi connectivity index (χ2n) is 5.12.